The second-order valence-corrected chi connectivity index (χ2v) is 11.3. The summed E-state index contributed by atoms with van der Waals surface area (Å²) >= 11 is 0. The highest BCUT2D eigenvalue weighted by atomic mass is 28.4. The molecule has 0 aliphatic carbocycles. The molecule has 78 valence electrons. The molecule has 1 N–H and O–H groups in total. The molecule has 5 heteroatoms. The molecule has 0 saturated heterocycles. The van der Waals surface area contributed by atoms with Crippen molar-refractivity contribution >= 4 is 23.3 Å². The van der Waals surface area contributed by atoms with Crippen molar-refractivity contribution < 1.29 is 14.0 Å². The van der Waals surface area contributed by atoms with E-state index >= 15 is 0 Å². The molecule has 0 fully saturated rings. The summed E-state index contributed by atoms with van der Waals surface area (Å²) in [6.45, 7) is 10.2. The molecule has 3 nitrogen and oxygen atoms in total. The summed E-state index contributed by atoms with van der Waals surface area (Å²) < 4.78 is 5.87. The summed E-state index contributed by atoms with van der Waals surface area (Å²) in [6.07, 6.45) is 0. The van der Waals surface area contributed by atoms with Crippen molar-refractivity contribution in [3.05, 3.63) is 0 Å². The van der Waals surface area contributed by atoms with Crippen LogP contribution in [0, 0.1) is 5.92 Å². The van der Waals surface area contributed by atoms with Crippen LogP contribution >= 0.6 is 0 Å². The molecule has 0 aromatic carbocycles. The van der Waals surface area contributed by atoms with Crippen LogP contribution in [-0.2, 0) is 8.91 Å². The molecule has 0 aliphatic heterocycles. The third-order valence-corrected chi connectivity index (χ3v) is 7.81. The first-order chi connectivity index (χ1) is 5.74. The Bertz CT molecular complexity index is 180. The van der Waals surface area contributed by atoms with E-state index in [1.807, 2.05) is 0 Å². The minimum Gasteiger partial charge on any atom is -0.481 e. The normalized spacial score (nSPS) is 14.6. The van der Waals surface area contributed by atoms with Crippen LogP contribution in [0.3, 0.4) is 0 Å². The molecule has 0 aromatic heterocycles. The maximum Gasteiger partial charge on any atom is 0.306 e. The lowest BCUT2D eigenvalue weighted by molar-refractivity contribution is -0.140. The molecule has 0 bridgehead atoms. The summed E-state index contributed by atoms with van der Waals surface area (Å²) in [5, 5.41) is 8.76. The fourth-order valence-electron chi connectivity index (χ4n) is 1.51. The van der Waals surface area contributed by atoms with Crippen LogP contribution in [0.1, 0.15) is 6.92 Å². The van der Waals surface area contributed by atoms with Gasteiger partial charge in [-0.05, 0) is 32.2 Å². The molecule has 1 atom stereocenters. The first-order valence-corrected chi connectivity index (χ1v) is 10.5. The van der Waals surface area contributed by atoms with Gasteiger partial charge in [0.15, 0.2) is 17.4 Å². The van der Waals surface area contributed by atoms with Crippen molar-refractivity contribution in [3.63, 3.8) is 0 Å². The predicted octanol–water partition coefficient (Wildman–Crippen LogP) is 1.91. The SMILES string of the molecule is CC(C[Si](C)(C)O[SiH](C)C)C(=O)O. The molecule has 0 aliphatic rings. The van der Waals surface area contributed by atoms with Crippen molar-refractivity contribution in [2.45, 2.75) is 39.2 Å². The summed E-state index contributed by atoms with van der Waals surface area (Å²) in [6, 6.07) is 0.716. The number of carboxylic acid groups (broad SMARTS) is 1. The molecule has 13 heavy (non-hydrogen) atoms. The Balaban J connectivity index is 4.08. The van der Waals surface area contributed by atoms with E-state index in [9.17, 15) is 4.79 Å². The topological polar surface area (TPSA) is 46.5 Å². The molecule has 0 aromatic rings. The zero-order chi connectivity index (χ0) is 10.6. The molecule has 0 amide bonds. The van der Waals surface area contributed by atoms with Crippen LogP contribution in [0.25, 0.3) is 0 Å². The van der Waals surface area contributed by atoms with Crippen LogP contribution in [0.4, 0.5) is 0 Å². The number of carbonyl (C=O) groups is 1. The quantitative estimate of drug-likeness (QED) is 0.720. The van der Waals surface area contributed by atoms with Crippen molar-refractivity contribution in [2.24, 2.45) is 5.92 Å². The Morgan fingerprint density at radius 3 is 2.31 bits per heavy atom. The Morgan fingerprint density at radius 1 is 1.54 bits per heavy atom. The van der Waals surface area contributed by atoms with Crippen molar-refractivity contribution in [1.29, 1.82) is 0 Å². The highest BCUT2D eigenvalue weighted by Gasteiger charge is 2.28. The minimum absolute atomic E-state index is 0.269. The monoisotopic (exact) mass is 220 g/mol. The Hall–Kier alpha value is -0.136. The maximum atomic E-state index is 10.6. The summed E-state index contributed by atoms with van der Waals surface area (Å²) in [7, 11) is -2.73. The fraction of sp³-hybridized carbons (Fsp3) is 0.875. The van der Waals surface area contributed by atoms with Gasteiger partial charge in [0.1, 0.15) is 0 Å². The average Bonchev–Trinajstić information content (AvgIpc) is 1.81. The van der Waals surface area contributed by atoms with E-state index in [4.69, 9.17) is 9.22 Å². The molecule has 0 radical (unpaired) electrons. The number of rotatable bonds is 5. The van der Waals surface area contributed by atoms with Gasteiger partial charge >= 0.3 is 5.97 Å². The molecule has 0 spiro atoms. The van der Waals surface area contributed by atoms with Gasteiger partial charge in [-0.2, -0.15) is 0 Å². The van der Waals surface area contributed by atoms with E-state index in [2.05, 4.69) is 26.2 Å². The molecule has 0 rings (SSSR count). The highest BCUT2D eigenvalue weighted by Crippen LogP contribution is 2.19. The number of aliphatic carboxylic acids is 1. The Morgan fingerprint density at radius 2 is 2.00 bits per heavy atom. The Kier molecular flexibility index (Phi) is 4.87. The van der Waals surface area contributed by atoms with Gasteiger partial charge in [-0.3, -0.25) is 4.79 Å². The van der Waals surface area contributed by atoms with E-state index in [0.717, 1.165) is 0 Å². The van der Waals surface area contributed by atoms with E-state index in [1.54, 1.807) is 6.92 Å². The van der Waals surface area contributed by atoms with E-state index in [0.29, 0.717) is 6.04 Å². The van der Waals surface area contributed by atoms with Crippen molar-refractivity contribution in [2.75, 3.05) is 0 Å². The van der Waals surface area contributed by atoms with Gasteiger partial charge in [0.2, 0.25) is 0 Å². The fourth-order valence-corrected chi connectivity index (χ4v) is 8.65. The van der Waals surface area contributed by atoms with Gasteiger partial charge in [-0.15, -0.1) is 0 Å². The van der Waals surface area contributed by atoms with Crippen LogP contribution in [0.5, 0.6) is 0 Å². The zero-order valence-corrected chi connectivity index (χ0v) is 11.3. The van der Waals surface area contributed by atoms with E-state index in [-0.39, 0.29) is 5.92 Å². The largest absolute Gasteiger partial charge is 0.481 e. The van der Waals surface area contributed by atoms with Crippen molar-refractivity contribution in [3.8, 4) is 0 Å². The molecule has 0 heterocycles. The smallest absolute Gasteiger partial charge is 0.306 e. The van der Waals surface area contributed by atoms with Gasteiger partial charge < -0.3 is 9.22 Å². The second kappa shape index (κ2) is 4.92. The predicted molar refractivity (Wildman–Crippen MR) is 59.1 cm³/mol. The van der Waals surface area contributed by atoms with Gasteiger partial charge in [0.05, 0.1) is 5.92 Å². The first kappa shape index (κ1) is 12.9. The first-order valence-electron chi connectivity index (χ1n) is 4.65. The summed E-state index contributed by atoms with van der Waals surface area (Å²) in [5.74, 6) is -0.982. The third kappa shape index (κ3) is 6.01. The number of carboxylic acids is 1. The van der Waals surface area contributed by atoms with Gasteiger partial charge in [0, 0.05) is 0 Å². The van der Waals surface area contributed by atoms with Crippen LogP contribution in [0.2, 0.25) is 32.2 Å². The lowest BCUT2D eigenvalue weighted by Crippen LogP contribution is -2.38. The second-order valence-electron chi connectivity index (χ2n) is 4.37. The van der Waals surface area contributed by atoms with Gasteiger partial charge in [-0.25, -0.2) is 0 Å². The lowest BCUT2D eigenvalue weighted by Gasteiger charge is -2.27. The van der Waals surface area contributed by atoms with Gasteiger partial charge in [0.25, 0.3) is 0 Å². The number of hydrogen-bond acceptors (Lipinski definition) is 2. The highest BCUT2D eigenvalue weighted by molar-refractivity contribution is 6.77. The minimum atomic E-state index is -1.71. The number of hydrogen-bond donors (Lipinski definition) is 1. The third-order valence-electron chi connectivity index (χ3n) is 1.77. The Labute approximate surface area is 83.0 Å². The van der Waals surface area contributed by atoms with E-state index < -0.39 is 23.3 Å². The van der Waals surface area contributed by atoms with Gasteiger partial charge in [-0.1, -0.05) is 6.92 Å². The van der Waals surface area contributed by atoms with Crippen LogP contribution < -0.4 is 0 Å². The van der Waals surface area contributed by atoms with Crippen LogP contribution in [0.15, 0.2) is 0 Å². The average molecular weight is 220 g/mol. The molecule has 1 unspecified atom stereocenters. The molecule has 0 saturated carbocycles. The standard InChI is InChI=1S/C8H20O3Si2/c1-7(8(9)10)6-13(4,5)11-12(2)3/h7,12H,6H2,1-5H3,(H,9,10). The van der Waals surface area contributed by atoms with Crippen molar-refractivity contribution in [1.82, 2.24) is 0 Å². The maximum absolute atomic E-state index is 10.6. The zero-order valence-electron chi connectivity index (χ0n) is 9.13. The van der Waals surface area contributed by atoms with Crippen LogP contribution in [-0.4, -0.2) is 28.4 Å². The lowest BCUT2D eigenvalue weighted by atomic mass is 10.2. The summed E-state index contributed by atoms with van der Waals surface area (Å²) in [4.78, 5) is 10.6. The molecular weight excluding hydrogens is 200 g/mol. The molecular formula is C8H20O3Si2. The van der Waals surface area contributed by atoms with E-state index in [1.165, 1.54) is 0 Å². The summed E-state index contributed by atoms with van der Waals surface area (Å²) in [5.41, 5.74) is 0.